The molecule has 2 aliphatic carbocycles. The third-order valence-electron chi connectivity index (χ3n) is 14.6. The molecule has 2 saturated heterocycles. The molecular weight excluding hydrogens is 839 g/mol. The van der Waals surface area contributed by atoms with Gasteiger partial charge in [0.2, 0.25) is 17.7 Å². The van der Waals surface area contributed by atoms with Crippen LogP contribution in [0.4, 0.5) is 5.69 Å². The number of carbonyl (C=O) groups is 6. The first-order chi connectivity index (χ1) is 31.9. The standard InChI is InChI=1S/C50H59N9O7/c1-57(28-29-7-11-33(12-8-29)54-34-13-16-38-39(27-34)50(65)59(49(38)64)41-17-18-42(60)56-47(41)62)35-25-32(26-35)48(63)58-23-20-30(21-24-58)40-19-22-53-46(55-40)43(45(52)61)44(51)31-9-14-37(15-10-31)66-36-5-3-2-4-6-36/h2-6,9-10,13-16,27,29-30,32-33,35,40-41,54H,7-8,11-12,17-26,28,51H2,1H3,(H2,52,61)(H,53,55)(H,56,60,62)/b44-43-/t29?,32?,33?,35?,40-,41?/m0/s1. The second kappa shape index (κ2) is 19.1. The van der Waals surface area contributed by atoms with Crippen LogP contribution in [-0.2, 0) is 19.2 Å². The molecule has 0 spiro atoms. The van der Waals surface area contributed by atoms with E-state index in [0.717, 1.165) is 74.9 Å². The van der Waals surface area contributed by atoms with E-state index in [9.17, 15) is 28.8 Å². The van der Waals surface area contributed by atoms with Crippen molar-refractivity contribution in [3.8, 4) is 11.5 Å². The van der Waals surface area contributed by atoms with Crippen LogP contribution in [0.3, 0.4) is 0 Å². The fraction of sp³-hybridized carbons (Fsp3) is 0.460. The quantitative estimate of drug-likeness (QED) is 0.119. The van der Waals surface area contributed by atoms with Crippen LogP contribution in [0.25, 0.3) is 5.70 Å². The number of hydrogen-bond donors (Lipinski definition) is 5. The maximum absolute atomic E-state index is 13.7. The largest absolute Gasteiger partial charge is 0.457 e. The van der Waals surface area contributed by atoms with Crippen LogP contribution >= 0.6 is 0 Å². The zero-order valence-corrected chi connectivity index (χ0v) is 37.4. The fourth-order valence-corrected chi connectivity index (χ4v) is 10.7. The molecule has 4 heterocycles. The zero-order valence-electron chi connectivity index (χ0n) is 37.4. The molecule has 6 amide bonds. The summed E-state index contributed by atoms with van der Waals surface area (Å²) in [5.41, 5.74) is 14.9. The van der Waals surface area contributed by atoms with Gasteiger partial charge in [-0.1, -0.05) is 18.2 Å². The fourth-order valence-electron chi connectivity index (χ4n) is 10.7. The smallest absolute Gasteiger partial charge is 0.262 e. The Bertz CT molecular complexity index is 2430. The number of imide groups is 2. The third kappa shape index (κ3) is 9.41. The molecule has 0 radical (unpaired) electrons. The summed E-state index contributed by atoms with van der Waals surface area (Å²) < 4.78 is 5.91. The van der Waals surface area contributed by atoms with Crippen molar-refractivity contribution in [3.63, 3.8) is 0 Å². The molecule has 6 aliphatic rings. The lowest BCUT2D eigenvalue weighted by Crippen LogP contribution is -2.54. The Balaban J connectivity index is 0.695. The molecule has 346 valence electrons. The monoisotopic (exact) mass is 897 g/mol. The Kier molecular flexibility index (Phi) is 12.9. The first kappa shape index (κ1) is 44.6. The molecule has 3 aromatic rings. The number of primary amides is 1. The number of nitrogens with zero attached hydrogens (tertiary/aromatic N) is 4. The molecule has 7 N–H and O–H groups in total. The van der Waals surface area contributed by atoms with Gasteiger partial charge < -0.3 is 36.6 Å². The molecule has 4 fully saturated rings. The van der Waals surface area contributed by atoms with E-state index in [-0.39, 0.29) is 59.1 Å². The molecule has 4 aliphatic heterocycles. The van der Waals surface area contributed by atoms with E-state index in [0.29, 0.717) is 60.4 Å². The zero-order chi connectivity index (χ0) is 46.1. The second-order valence-electron chi connectivity index (χ2n) is 18.9. The van der Waals surface area contributed by atoms with Gasteiger partial charge in [0.15, 0.2) is 0 Å². The lowest BCUT2D eigenvalue weighted by atomic mass is 9.77. The second-order valence-corrected chi connectivity index (χ2v) is 18.9. The van der Waals surface area contributed by atoms with E-state index in [1.165, 1.54) is 0 Å². The van der Waals surface area contributed by atoms with Gasteiger partial charge in [0.1, 0.15) is 28.9 Å². The van der Waals surface area contributed by atoms with Crippen LogP contribution in [0.2, 0.25) is 0 Å². The van der Waals surface area contributed by atoms with E-state index in [1.807, 2.05) is 41.3 Å². The molecule has 3 aromatic carbocycles. The molecule has 16 nitrogen and oxygen atoms in total. The number of amides is 6. The lowest BCUT2D eigenvalue weighted by molar-refractivity contribution is -0.142. The average Bonchev–Trinajstić information content (AvgIpc) is 3.54. The lowest BCUT2D eigenvalue weighted by Gasteiger charge is -2.45. The number of carbonyl (C=O) groups excluding carboxylic acids is 6. The summed E-state index contributed by atoms with van der Waals surface area (Å²) >= 11 is 0. The van der Waals surface area contributed by atoms with Crippen molar-refractivity contribution in [2.45, 2.75) is 94.8 Å². The normalized spacial score (nSPS) is 26.1. The topological polar surface area (TPSA) is 222 Å². The number of likely N-dealkylation sites (tertiary alicyclic amines) is 1. The van der Waals surface area contributed by atoms with Crippen molar-refractivity contribution >= 4 is 52.7 Å². The van der Waals surface area contributed by atoms with E-state index < -0.39 is 35.6 Å². The van der Waals surface area contributed by atoms with Crippen molar-refractivity contribution in [1.29, 1.82) is 0 Å². The summed E-state index contributed by atoms with van der Waals surface area (Å²) in [7, 11) is 2.18. The highest BCUT2D eigenvalue weighted by molar-refractivity contribution is 6.25. The number of nitrogens with two attached hydrogens (primary N) is 2. The number of amidine groups is 1. The molecule has 16 heteroatoms. The number of anilines is 1. The minimum Gasteiger partial charge on any atom is -0.457 e. The average molecular weight is 898 g/mol. The van der Waals surface area contributed by atoms with Gasteiger partial charge in [-0.25, -0.2) is 0 Å². The first-order valence-electron chi connectivity index (χ1n) is 23.5. The van der Waals surface area contributed by atoms with E-state index in [1.54, 1.807) is 36.4 Å². The SMILES string of the molecule is CN(CC1CCC(Nc2ccc3c(c2)C(=O)N(C2CCC(=O)NC2=O)C3=O)CC1)C1CC(C(=O)N2CCC([C@@H]3CCN=C(/C(C(N)=O)=C(\N)c4ccc(Oc5ccccc5)cc4)N3)CC2)C1. The van der Waals surface area contributed by atoms with Crippen LogP contribution in [0.1, 0.15) is 96.9 Å². The Morgan fingerprint density at radius 3 is 2.23 bits per heavy atom. The van der Waals surface area contributed by atoms with Crippen molar-refractivity contribution < 1.29 is 33.5 Å². The number of rotatable bonds is 13. The number of nitrogens with one attached hydrogen (secondary N) is 3. The Hall–Kier alpha value is -6.55. The van der Waals surface area contributed by atoms with Crippen LogP contribution in [0.15, 0.2) is 83.4 Å². The van der Waals surface area contributed by atoms with Crippen molar-refractivity contribution in [1.82, 2.24) is 25.3 Å². The minimum atomic E-state index is -0.985. The van der Waals surface area contributed by atoms with E-state index >= 15 is 0 Å². The number of aliphatic imine (C=N–C) groups is 1. The Morgan fingerprint density at radius 2 is 1.53 bits per heavy atom. The number of benzene rings is 3. The van der Waals surface area contributed by atoms with Gasteiger partial charge in [-0.2, -0.15) is 0 Å². The highest BCUT2D eigenvalue weighted by atomic mass is 16.5. The van der Waals surface area contributed by atoms with Crippen LogP contribution in [0.5, 0.6) is 11.5 Å². The molecule has 2 saturated carbocycles. The van der Waals surface area contributed by atoms with Crippen molar-refractivity contribution in [3.05, 3.63) is 95.1 Å². The predicted molar refractivity (Wildman–Crippen MR) is 248 cm³/mol. The third-order valence-corrected chi connectivity index (χ3v) is 14.6. The summed E-state index contributed by atoms with van der Waals surface area (Å²) in [4.78, 5) is 87.1. The Labute approximate surface area is 384 Å². The highest BCUT2D eigenvalue weighted by Crippen LogP contribution is 2.37. The number of para-hydroxylation sites is 1. The summed E-state index contributed by atoms with van der Waals surface area (Å²) in [6, 6.07) is 21.6. The highest BCUT2D eigenvalue weighted by Gasteiger charge is 2.45. The minimum absolute atomic E-state index is 0.0521. The van der Waals surface area contributed by atoms with E-state index in [2.05, 4.69) is 32.9 Å². The summed E-state index contributed by atoms with van der Waals surface area (Å²) in [6.45, 7) is 2.96. The van der Waals surface area contributed by atoms with Gasteiger partial charge in [0.25, 0.3) is 17.7 Å². The Morgan fingerprint density at radius 1 is 0.833 bits per heavy atom. The van der Waals surface area contributed by atoms with Gasteiger partial charge in [-0.05, 0) is 143 Å². The molecular formula is C50H59N9O7. The van der Waals surface area contributed by atoms with Crippen LogP contribution < -0.4 is 32.2 Å². The first-order valence-corrected chi connectivity index (χ1v) is 23.5. The summed E-state index contributed by atoms with van der Waals surface area (Å²) in [6.07, 6.45) is 8.61. The summed E-state index contributed by atoms with van der Waals surface area (Å²) in [5, 5.41) is 9.32. The van der Waals surface area contributed by atoms with Gasteiger partial charge in [0, 0.05) is 62.3 Å². The number of hydrogen-bond acceptors (Lipinski definition) is 12. The predicted octanol–water partition coefficient (Wildman–Crippen LogP) is 4.42. The molecule has 0 bridgehead atoms. The molecule has 66 heavy (non-hydrogen) atoms. The van der Waals surface area contributed by atoms with Gasteiger partial charge in [-0.15, -0.1) is 0 Å². The molecule has 1 unspecified atom stereocenters. The van der Waals surface area contributed by atoms with Gasteiger partial charge in [0.05, 0.1) is 16.8 Å². The number of ether oxygens (including phenoxy) is 1. The maximum atomic E-state index is 13.7. The van der Waals surface area contributed by atoms with E-state index in [4.69, 9.17) is 16.2 Å². The van der Waals surface area contributed by atoms with Gasteiger partial charge in [-0.3, -0.25) is 44.0 Å². The number of piperidine rings is 2. The van der Waals surface area contributed by atoms with Crippen molar-refractivity contribution in [2.75, 3.05) is 38.5 Å². The molecule has 9 rings (SSSR count). The van der Waals surface area contributed by atoms with Gasteiger partial charge >= 0.3 is 0 Å². The molecule has 0 aromatic heterocycles. The maximum Gasteiger partial charge on any atom is 0.262 e. The number of fused-ring (bicyclic) bond motifs is 1. The summed E-state index contributed by atoms with van der Waals surface area (Å²) in [5.74, 6) is 0.292. The molecule has 2 atom stereocenters. The van der Waals surface area contributed by atoms with Crippen molar-refractivity contribution in [2.24, 2.45) is 34.2 Å². The van der Waals surface area contributed by atoms with Crippen LogP contribution in [-0.4, -0.2) is 113 Å². The van der Waals surface area contributed by atoms with Crippen LogP contribution in [0, 0.1) is 17.8 Å².